The van der Waals surface area contributed by atoms with Gasteiger partial charge in [0.15, 0.2) is 0 Å². The first kappa shape index (κ1) is 19.1. The minimum Gasteiger partial charge on any atom is -1.00 e. The fourth-order valence-corrected chi connectivity index (χ4v) is 0.824. The van der Waals surface area contributed by atoms with Crippen molar-refractivity contribution in [1.82, 2.24) is 0 Å². The normalized spacial score (nSPS) is 10.8. The van der Waals surface area contributed by atoms with Gasteiger partial charge >= 0.3 is 65.1 Å². The van der Waals surface area contributed by atoms with E-state index < -0.39 is 5.97 Å². The Hall–Kier alpha value is 1.47. The van der Waals surface area contributed by atoms with E-state index in [4.69, 9.17) is 5.11 Å². The SMILES string of the molecule is CCCCCC(C)C(=O)O.[H-].[H-].[Na+].[Na+]. The summed E-state index contributed by atoms with van der Waals surface area (Å²) in [5.74, 6) is -0.831. The first-order valence-corrected chi connectivity index (χ1v) is 3.91. The van der Waals surface area contributed by atoms with E-state index in [1.165, 1.54) is 0 Å². The van der Waals surface area contributed by atoms with Crippen LogP contribution in [0, 0.1) is 5.92 Å². The van der Waals surface area contributed by atoms with Crippen molar-refractivity contribution in [3.8, 4) is 0 Å². The van der Waals surface area contributed by atoms with Gasteiger partial charge in [-0.05, 0) is 6.42 Å². The Morgan fingerprint density at radius 2 is 1.92 bits per heavy atom. The molecule has 64 valence electrons. The van der Waals surface area contributed by atoms with E-state index in [1.807, 2.05) is 0 Å². The maximum absolute atomic E-state index is 10.3. The van der Waals surface area contributed by atoms with Crippen LogP contribution in [0.4, 0.5) is 0 Å². The minimum atomic E-state index is -0.670. The summed E-state index contributed by atoms with van der Waals surface area (Å²) in [6.07, 6.45) is 4.18. The summed E-state index contributed by atoms with van der Waals surface area (Å²) in [5, 5.41) is 8.48. The Morgan fingerprint density at radius 1 is 1.42 bits per heavy atom. The van der Waals surface area contributed by atoms with Crippen molar-refractivity contribution in [3.63, 3.8) is 0 Å². The second kappa shape index (κ2) is 12.5. The molecule has 2 nitrogen and oxygen atoms in total. The van der Waals surface area contributed by atoms with Gasteiger partial charge in [-0.25, -0.2) is 0 Å². The zero-order valence-corrected chi connectivity index (χ0v) is 12.8. The second-order valence-electron chi connectivity index (χ2n) is 2.74. The Balaban J connectivity index is -0.0000000675. The van der Waals surface area contributed by atoms with Crippen LogP contribution in [-0.2, 0) is 4.79 Å². The van der Waals surface area contributed by atoms with Crippen LogP contribution in [0.25, 0.3) is 0 Å². The molecule has 0 amide bonds. The summed E-state index contributed by atoms with van der Waals surface area (Å²) < 4.78 is 0. The van der Waals surface area contributed by atoms with Crippen LogP contribution >= 0.6 is 0 Å². The minimum absolute atomic E-state index is 0. The van der Waals surface area contributed by atoms with Gasteiger partial charge in [0.1, 0.15) is 0 Å². The molecule has 1 atom stereocenters. The molecule has 0 radical (unpaired) electrons. The number of unbranched alkanes of at least 4 members (excludes halogenated alkanes) is 2. The number of hydrogen-bond donors (Lipinski definition) is 1. The van der Waals surface area contributed by atoms with Gasteiger partial charge < -0.3 is 7.96 Å². The summed E-state index contributed by atoms with van der Waals surface area (Å²) in [4.78, 5) is 10.3. The Bertz CT molecular complexity index is 116. The number of carbonyl (C=O) groups is 1. The molecule has 0 aromatic heterocycles. The fourth-order valence-electron chi connectivity index (χ4n) is 0.824. The number of hydrogen-bond acceptors (Lipinski definition) is 1. The van der Waals surface area contributed by atoms with Gasteiger partial charge in [-0.3, -0.25) is 4.79 Å². The van der Waals surface area contributed by atoms with E-state index in [2.05, 4.69) is 6.92 Å². The van der Waals surface area contributed by atoms with Crippen LogP contribution in [0.5, 0.6) is 0 Å². The molecule has 0 spiro atoms. The van der Waals surface area contributed by atoms with Crippen LogP contribution in [0.1, 0.15) is 42.4 Å². The third-order valence-electron chi connectivity index (χ3n) is 1.66. The quantitative estimate of drug-likeness (QED) is 0.363. The molecule has 0 aliphatic rings. The average molecular weight is 192 g/mol. The van der Waals surface area contributed by atoms with Crippen molar-refractivity contribution < 1.29 is 71.9 Å². The molecule has 0 aliphatic carbocycles. The Morgan fingerprint density at radius 3 is 2.25 bits per heavy atom. The zero-order chi connectivity index (χ0) is 7.98. The molecule has 0 aliphatic heterocycles. The molecule has 0 rings (SSSR count). The van der Waals surface area contributed by atoms with Crippen molar-refractivity contribution in [1.29, 1.82) is 0 Å². The van der Waals surface area contributed by atoms with Gasteiger partial charge in [0.05, 0.1) is 5.92 Å². The molecule has 0 aromatic carbocycles. The molecule has 0 saturated carbocycles. The predicted octanol–water partition coefficient (Wildman–Crippen LogP) is -3.48. The first-order valence-electron chi connectivity index (χ1n) is 3.91. The largest absolute Gasteiger partial charge is 1.00 e. The fraction of sp³-hybridized carbons (Fsp3) is 0.875. The van der Waals surface area contributed by atoms with E-state index in [-0.39, 0.29) is 67.9 Å². The first-order chi connectivity index (χ1) is 4.68. The smallest absolute Gasteiger partial charge is 1.00 e. The van der Waals surface area contributed by atoms with E-state index in [1.54, 1.807) is 6.92 Å². The van der Waals surface area contributed by atoms with E-state index >= 15 is 0 Å². The van der Waals surface area contributed by atoms with E-state index in [0.717, 1.165) is 25.7 Å². The van der Waals surface area contributed by atoms with Gasteiger partial charge in [-0.2, -0.15) is 0 Å². The standard InChI is InChI=1S/C8H16O2.2Na.2H/c1-3-4-5-6-7(2)8(9)10;;;;/h7H,3-6H2,1-2H3,(H,9,10);;;;/q;2*+1;2*-1. The van der Waals surface area contributed by atoms with E-state index in [0.29, 0.717) is 0 Å². The van der Waals surface area contributed by atoms with Crippen LogP contribution < -0.4 is 59.1 Å². The van der Waals surface area contributed by atoms with Crippen molar-refractivity contribution in [2.45, 2.75) is 39.5 Å². The molecular weight excluding hydrogens is 174 g/mol. The van der Waals surface area contributed by atoms with Crippen LogP contribution in [0.15, 0.2) is 0 Å². The van der Waals surface area contributed by atoms with Gasteiger partial charge in [0.25, 0.3) is 0 Å². The van der Waals surface area contributed by atoms with Crippen molar-refractivity contribution >= 4 is 5.97 Å². The third kappa shape index (κ3) is 11.5. The number of carboxylic acids is 1. The van der Waals surface area contributed by atoms with Gasteiger partial charge in [-0.15, -0.1) is 0 Å². The van der Waals surface area contributed by atoms with Crippen LogP contribution in [-0.4, -0.2) is 11.1 Å². The second-order valence-corrected chi connectivity index (χ2v) is 2.74. The summed E-state index contributed by atoms with van der Waals surface area (Å²) >= 11 is 0. The molecule has 1 unspecified atom stereocenters. The van der Waals surface area contributed by atoms with Gasteiger partial charge in [0, 0.05) is 0 Å². The molecule has 12 heavy (non-hydrogen) atoms. The molecule has 4 heteroatoms. The molecular formula is C8H18Na2O2. The number of carboxylic acid groups (broad SMARTS) is 1. The van der Waals surface area contributed by atoms with Crippen molar-refractivity contribution in [2.75, 3.05) is 0 Å². The van der Waals surface area contributed by atoms with E-state index in [9.17, 15) is 4.79 Å². The zero-order valence-electron chi connectivity index (χ0n) is 10.8. The van der Waals surface area contributed by atoms with Gasteiger partial charge in [0.2, 0.25) is 0 Å². The van der Waals surface area contributed by atoms with Gasteiger partial charge in [-0.1, -0.05) is 33.1 Å². The van der Waals surface area contributed by atoms with Crippen molar-refractivity contribution in [3.05, 3.63) is 0 Å². The molecule has 0 bridgehead atoms. The molecule has 0 saturated heterocycles. The topological polar surface area (TPSA) is 37.3 Å². The molecule has 0 heterocycles. The molecule has 0 fully saturated rings. The Kier molecular flexibility index (Phi) is 19.9. The summed E-state index contributed by atoms with van der Waals surface area (Å²) in [6, 6.07) is 0. The molecule has 1 N–H and O–H groups in total. The summed E-state index contributed by atoms with van der Waals surface area (Å²) in [7, 11) is 0. The molecule has 0 aromatic rings. The van der Waals surface area contributed by atoms with Crippen LogP contribution in [0.2, 0.25) is 0 Å². The van der Waals surface area contributed by atoms with Crippen LogP contribution in [0.3, 0.4) is 0 Å². The maximum Gasteiger partial charge on any atom is 1.00 e. The maximum atomic E-state index is 10.3. The summed E-state index contributed by atoms with van der Waals surface area (Å²) in [5.41, 5.74) is 0. The third-order valence-corrected chi connectivity index (χ3v) is 1.66. The number of rotatable bonds is 5. The van der Waals surface area contributed by atoms with Crippen molar-refractivity contribution in [2.24, 2.45) is 5.92 Å². The average Bonchev–Trinajstić information content (AvgIpc) is 1.88. The monoisotopic (exact) mass is 192 g/mol. The predicted molar refractivity (Wildman–Crippen MR) is 43.2 cm³/mol. The Labute approximate surface area is 122 Å². The summed E-state index contributed by atoms with van der Waals surface area (Å²) in [6.45, 7) is 3.88. The number of aliphatic carboxylic acids is 1.